The molecule has 1 nitrogen and oxygen atoms in total. The molecule has 0 aliphatic rings. The van der Waals surface area contributed by atoms with Crippen LogP contribution in [-0.2, 0) is 12.3 Å². The summed E-state index contributed by atoms with van der Waals surface area (Å²) in [4.78, 5) is 1.41. The van der Waals surface area contributed by atoms with Crippen molar-refractivity contribution in [2.45, 2.75) is 24.1 Å². The highest BCUT2D eigenvalue weighted by Gasteiger charge is 2.15. The van der Waals surface area contributed by atoms with E-state index >= 15 is 0 Å². The second-order valence-corrected chi connectivity index (χ2v) is 6.81. The summed E-state index contributed by atoms with van der Waals surface area (Å²) in [6.45, 7) is 4.49. The van der Waals surface area contributed by atoms with Crippen LogP contribution in [0.1, 0.15) is 18.1 Å². The lowest BCUT2D eigenvalue weighted by atomic mass is 10.2. The highest BCUT2D eigenvalue weighted by Crippen LogP contribution is 2.27. The largest absolute Gasteiger partial charge is 0.325 e. The Morgan fingerprint density at radius 2 is 1.55 bits per heavy atom. The fourth-order valence-electron chi connectivity index (χ4n) is 2.08. The van der Waals surface area contributed by atoms with E-state index in [-0.39, 0.29) is 0 Å². The molecule has 106 valence electrons. The van der Waals surface area contributed by atoms with Crippen molar-refractivity contribution < 1.29 is 4.48 Å². The molecule has 0 fully saturated rings. The molecule has 0 saturated carbocycles. The van der Waals surface area contributed by atoms with Gasteiger partial charge in [0.25, 0.3) is 0 Å². The molecule has 2 aromatic rings. The Kier molecular flexibility index (Phi) is 5.27. The number of quaternary nitrogens is 1. The first-order valence-electron chi connectivity index (χ1n) is 7.17. The van der Waals surface area contributed by atoms with Crippen molar-refractivity contribution in [1.82, 2.24) is 0 Å². The third kappa shape index (κ3) is 4.39. The van der Waals surface area contributed by atoms with Crippen molar-refractivity contribution in [3.8, 4) is 0 Å². The van der Waals surface area contributed by atoms with Gasteiger partial charge >= 0.3 is 0 Å². The van der Waals surface area contributed by atoms with Gasteiger partial charge in [0.05, 0.1) is 20.6 Å². The van der Waals surface area contributed by atoms with Crippen molar-refractivity contribution in [3.63, 3.8) is 0 Å². The average Bonchev–Trinajstić information content (AvgIpc) is 2.47. The van der Waals surface area contributed by atoms with E-state index in [0.717, 1.165) is 23.3 Å². The topological polar surface area (TPSA) is 0 Å². The molecule has 0 N–H and O–H groups in total. The third-order valence-corrected chi connectivity index (χ3v) is 4.85. The van der Waals surface area contributed by atoms with E-state index in [9.17, 15) is 0 Å². The lowest BCUT2D eigenvalue weighted by Gasteiger charge is -2.29. The Bertz CT molecular complexity index is 534. The monoisotopic (exact) mass is 286 g/mol. The van der Waals surface area contributed by atoms with Gasteiger partial charge in [-0.15, -0.1) is 11.8 Å². The summed E-state index contributed by atoms with van der Waals surface area (Å²) < 4.78 is 1.03. The standard InChI is InChI=1S/C18H24NS/c1-4-19(2,3)14-17-12-8-9-13-18(17)20-15-16-10-6-5-7-11-16/h5-13H,4,14-15H2,1-3H3/q+1. The van der Waals surface area contributed by atoms with Gasteiger partial charge in [-0.05, 0) is 18.6 Å². The highest BCUT2D eigenvalue weighted by atomic mass is 32.2. The van der Waals surface area contributed by atoms with Crippen LogP contribution in [0.2, 0.25) is 0 Å². The minimum absolute atomic E-state index is 1.03. The molecule has 0 heterocycles. The Morgan fingerprint density at radius 3 is 2.25 bits per heavy atom. The molecule has 0 aliphatic carbocycles. The van der Waals surface area contributed by atoms with Crippen molar-refractivity contribution in [2.75, 3.05) is 20.6 Å². The van der Waals surface area contributed by atoms with Crippen molar-refractivity contribution in [3.05, 3.63) is 65.7 Å². The molecule has 2 heteroatoms. The lowest BCUT2D eigenvalue weighted by molar-refractivity contribution is -0.902. The smallest absolute Gasteiger partial charge is 0.105 e. The number of hydrogen-bond donors (Lipinski definition) is 0. The maximum absolute atomic E-state index is 2.29. The van der Waals surface area contributed by atoms with Crippen molar-refractivity contribution >= 4 is 11.8 Å². The Labute approximate surface area is 127 Å². The number of rotatable bonds is 6. The van der Waals surface area contributed by atoms with Gasteiger partial charge in [-0.25, -0.2) is 0 Å². The summed E-state index contributed by atoms with van der Waals surface area (Å²) in [6, 6.07) is 19.5. The zero-order valence-corrected chi connectivity index (χ0v) is 13.5. The first-order valence-corrected chi connectivity index (χ1v) is 8.16. The first-order chi connectivity index (χ1) is 9.61. The van der Waals surface area contributed by atoms with Crippen LogP contribution in [-0.4, -0.2) is 25.1 Å². The molecule has 0 saturated heterocycles. The lowest BCUT2D eigenvalue weighted by Crippen LogP contribution is -2.38. The van der Waals surface area contributed by atoms with Gasteiger partial charge in [0.15, 0.2) is 0 Å². The fourth-order valence-corrected chi connectivity index (χ4v) is 3.09. The van der Waals surface area contributed by atoms with E-state index in [1.807, 2.05) is 11.8 Å². The zero-order chi connectivity index (χ0) is 14.4. The van der Waals surface area contributed by atoms with Crippen LogP contribution in [0.4, 0.5) is 0 Å². The van der Waals surface area contributed by atoms with Gasteiger partial charge in [0.1, 0.15) is 6.54 Å². The van der Waals surface area contributed by atoms with Gasteiger partial charge in [-0.2, -0.15) is 0 Å². The predicted molar refractivity (Wildman–Crippen MR) is 88.8 cm³/mol. The number of benzene rings is 2. The van der Waals surface area contributed by atoms with Crippen molar-refractivity contribution in [2.24, 2.45) is 0 Å². The molecule has 20 heavy (non-hydrogen) atoms. The zero-order valence-electron chi connectivity index (χ0n) is 12.7. The average molecular weight is 286 g/mol. The molecular formula is C18H24NS+. The second-order valence-electron chi connectivity index (χ2n) is 5.79. The van der Waals surface area contributed by atoms with Crippen LogP contribution in [0.25, 0.3) is 0 Å². The van der Waals surface area contributed by atoms with Gasteiger partial charge in [-0.1, -0.05) is 48.5 Å². The van der Waals surface area contributed by atoms with Crippen LogP contribution in [0, 0.1) is 0 Å². The molecule has 0 atom stereocenters. The summed E-state index contributed by atoms with van der Waals surface area (Å²) in [5.74, 6) is 1.04. The second kappa shape index (κ2) is 6.96. The predicted octanol–water partition coefficient (Wildman–Crippen LogP) is 4.58. The Balaban J connectivity index is 2.08. The summed E-state index contributed by atoms with van der Waals surface area (Å²) >= 11 is 1.94. The molecule has 0 unspecified atom stereocenters. The van der Waals surface area contributed by atoms with Crippen LogP contribution in [0.15, 0.2) is 59.5 Å². The molecular weight excluding hydrogens is 262 g/mol. The minimum Gasteiger partial charge on any atom is -0.325 e. The van der Waals surface area contributed by atoms with Gasteiger partial charge in [0.2, 0.25) is 0 Å². The van der Waals surface area contributed by atoms with E-state index < -0.39 is 0 Å². The molecule has 2 aromatic carbocycles. The molecule has 0 bridgehead atoms. The Morgan fingerprint density at radius 1 is 0.900 bits per heavy atom. The highest BCUT2D eigenvalue weighted by molar-refractivity contribution is 7.98. The van der Waals surface area contributed by atoms with Crippen LogP contribution >= 0.6 is 11.8 Å². The summed E-state index contributed by atoms with van der Waals surface area (Å²) in [7, 11) is 4.58. The normalized spacial score (nSPS) is 11.6. The fraction of sp³-hybridized carbons (Fsp3) is 0.333. The summed E-state index contributed by atoms with van der Waals surface area (Å²) in [5, 5.41) is 0. The first kappa shape index (κ1) is 15.1. The maximum Gasteiger partial charge on any atom is 0.105 e. The number of nitrogens with zero attached hydrogens (tertiary/aromatic N) is 1. The SMILES string of the molecule is CC[N+](C)(C)Cc1ccccc1SCc1ccccc1. The van der Waals surface area contributed by atoms with Gasteiger partial charge in [-0.3, -0.25) is 0 Å². The van der Waals surface area contributed by atoms with E-state index in [2.05, 4.69) is 75.6 Å². The van der Waals surface area contributed by atoms with E-state index in [4.69, 9.17) is 0 Å². The third-order valence-electron chi connectivity index (χ3n) is 3.66. The van der Waals surface area contributed by atoms with Gasteiger partial charge < -0.3 is 4.48 Å². The number of thioether (sulfide) groups is 1. The molecule has 0 radical (unpaired) electrons. The van der Waals surface area contributed by atoms with Crippen molar-refractivity contribution in [1.29, 1.82) is 0 Å². The van der Waals surface area contributed by atoms with E-state index in [1.54, 1.807) is 0 Å². The quantitative estimate of drug-likeness (QED) is 0.553. The van der Waals surface area contributed by atoms with Crippen LogP contribution in [0.3, 0.4) is 0 Å². The minimum atomic E-state index is 1.03. The van der Waals surface area contributed by atoms with Crippen LogP contribution < -0.4 is 0 Å². The molecule has 0 amide bonds. The van der Waals surface area contributed by atoms with E-state index in [0.29, 0.717) is 0 Å². The maximum atomic E-state index is 2.29. The molecule has 2 rings (SSSR count). The molecule has 0 aromatic heterocycles. The van der Waals surface area contributed by atoms with Gasteiger partial charge in [0, 0.05) is 16.2 Å². The molecule has 0 spiro atoms. The molecule has 0 aliphatic heterocycles. The summed E-state index contributed by atoms with van der Waals surface area (Å²) in [5.41, 5.74) is 2.84. The van der Waals surface area contributed by atoms with E-state index in [1.165, 1.54) is 16.0 Å². The number of hydrogen-bond acceptors (Lipinski definition) is 1. The Hall–Kier alpha value is -1.25. The van der Waals surface area contributed by atoms with Crippen LogP contribution in [0.5, 0.6) is 0 Å². The summed E-state index contributed by atoms with van der Waals surface area (Å²) in [6.07, 6.45) is 0.